The Bertz CT molecular complexity index is 381. The van der Waals surface area contributed by atoms with Gasteiger partial charge in [0.1, 0.15) is 9.84 Å². The standard InChI is InChI=1S/C10H21N3O4S/c1-3-12-9(14)4-6-13-10(15)8(11)5-7-18(2,16)17/h8H,3-7,11H2,1-2H3,(H,12,14)(H,13,15). The molecule has 0 spiro atoms. The summed E-state index contributed by atoms with van der Waals surface area (Å²) in [5, 5.41) is 5.08. The normalized spacial score (nSPS) is 12.8. The molecule has 0 aromatic rings. The summed E-state index contributed by atoms with van der Waals surface area (Å²) in [5.74, 6) is -0.719. The number of nitrogens with two attached hydrogens (primary N) is 1. The molecule has 0 radical (unpaired) electrons. The van der Waals surface area contributed by atoms with Crippen molar-refractivity contribution >= 4 is 21.7 Å². The summed E-state index contributed by atoms with van der Waals surface area (Å²) in [5.41, 5.74) is 5.52. The van der Waals surface area contributed by atoms with Crippen molar-refractivity contribution in [3.05, 3.63) is 0 Å². The van der Waals surface area contributed by atoms with E-state index in [1.165, 1.54) is 0 Å². The van der Waals surface area contributed by atoms with Crippen LogP contribution in [0, 0.1) is 0 Å². The van der Waals surface area contributed by atoms with Crippen molar-refractivity contribution in [3.8, 4) is 0 Å². The Kier molecular flexibility index (Phi) is 7.53. The zero-order valence-corrected chi connectivity index (χ0v) is 11.5. The third-order valence-electron chi connectivity index (χ3n) is 2.16. The van der Waals surface area contributed by atoms with Gasteiger partial charge in [-0.1, -0.05) is 0 Å². The number of carbonyl (C=O) groups excluding carboxylic acids is 2. The number of carbonyl (C=O) groups is 2. The van der Waals surface area contributed by atoms with Crippen LogP contribution in [-0.2, 0) is 19.4 Å². The maximum Gasteiger partial charge on any atom is 0.236 e. The molecule has 0 aromatic heterocycles. The second kappa shape index (κ2) is 8.04. The molecular formula is C10H21N3O4S. The highest BCUT2D eigenvalue weighted by Crippen LogP contribution is 1.94. The van der Waals surface area contributed by atoms with Crippen molar-refractivity contribution in [2.75, 3.05) is 25.1 Å². The first-order chi connectivity index (χ1) is 8.26. The summed E-state index contributed by atoms with van der Waals surface area (Å²) in [6.07, 6.45) is 1.34. The van der Waals surface area contributed by atoms with Crippen LogP contribution in [0.5, 0.6) is 0 Å². The van der Waals surface area contributed by atoms with Gasteiger partial charge in [-0.25, -0.2) is 8.42 Å². The first-order valence-electron chi connectivity index (χ1n) is 5.74. The molecule has 8 heteroatoms. The van der Waals surface area contributed by atoms with Gasteiger partial charge in [0.25, 0.3) is 0 Å². The molecular weight excluding hydrogens is 258 g/mol. The van der Waals surface area contributed by atoms with E-state index in [0.29, 0.717) is 6.54 Å². The molecule has 106 valence electrons. The third-order valence-corrected chi connectivity index (χ3v) is 3.14. The molecule has 0 saturated carbocycles. The van der Waals surface area contributed by atoms with Crippen molar-refractivity contribution in [3.63, 3.8) is 0 Å². The van der Waals surface area contributed by atoms with Crippen LogP contribution in [0.25, 0.3) is 0 Å². The van der Waals surface area contributed by atoms with Crippen LogP contribution >= 0.6 is 0 Å². The molecule has 4 N–H and O–H groups in total. The molecule has 0 aliphatic rings. The molecule has 0 fully saturated rings. The first-order valence-corrected chi connectivity index (χ1v) is 7.80. The molecule has 0 rings (SSSR count). The van der Waals surface area contributed by atoms with Gasteiger partial charge in [-0.05, 0) is 13.3 Å². The second-order valence-corrected chi connectivity index (χ2v) is 6.28. The van der Waals surface area contributed by atoms with Crippen LogP contribution in [0.15, 0.2) is 0 Å². The fraction of sp³-hybridized carbons (Fsp3) is 0.800. The van der Waals surface area contributed by atoms with Crippen LogP contribution < -0.4 is 16.4 Å². The molecule has 1 unspecified atom stereocenters. The predicted molar refractivity (Wildman–Crippen MR) is 68.6 cm³/mol. The molecule has 7 nitrogen and oxygen atoms in total. The summed E-state index contributed by atoms with van der Waals surface area (Å²) < 4.78 is 21.8. The molecule has 0 aromatic carbocycles. The topological polar surface area (TPSA) is 118 Å². The minimum absolute atomic E-state index is 0.0752. The molecule has 18 heavy (non-hydrogen) atoms. The van der Waals surface area contributed by atoms with Crippen molar-refractivity contribution in [2.45, 2.75) is 25.8 Å². The molecule has 2 amide bonds. The van der Waals surface area contributed by atoms with Gasteiger partial charge in [-0.3, -0.25) is 9.59 Å². The van der Waals surface area contributed by atoms with Gasteiger partial charge in [-0.15, -0.1) is 0 Å². The van der Waals surface area contributed by atoms with Crippen molar-refractivity contribution in [1.82, 2.24) is 10.6 Å². The Morgan fingerprint density at radius 1 is 1.28 bits per heavy atom. The van der Waals surface area contributed by atoms with Gasteiger partial charge in [0.15, 0.2) is 0 Å². The Morgan fingerprint density at radius 2 is 1.89 bits per heavy atom. The van der Waals surface area contributed by atoms with E-state index < -0.39 is 21.8 Å². The molecule has 0 aliphatic carbocycles. The zero-order valence-electron chi connectivity index (χ0n) is 10.7. The van der Waals surface area contributed by atoms with E-state index in [1.54, 1.807) is 6.92 Å². The van der Waals surface area contributed by atoms with Crippen LogP contribution in [0.1, 0.15) is 19.8 Å². The van der Waals surface area contributed by atoms with Crippen molar-refractivity contribution < 1.29 is 18.0 Å². The Hall–Kier alpha value is -1.15. The number of nitrogens with one attached hydrogen (secondary N) is 2. The van der Waals surface area contributed by atoms with Crippen LogP contribution in [0.3, 0.4) is 0 Å². The number of hydrogen-bond donors (Lipinski definition) is 3. The first kappa shape index (κ1) is 16.9. The van der Waals surface area contributed by atoms with E-state index in [4.69, 9.17) is 5.73 Å². The second-order valence-electron chi connectivity index (χ2n) is 4.02. The lowest BCUT2D eigenvalue weighted by molar-refractivity contribution is -0.123. The van der Waals surface area contributed by atoms with Gasteiger partial charge in [0.2, 0.25) is 11.8 Å². The molecule has 0 bridgehead atoms. The fourth-order valence-electron chi connectivity index (χ4n) is 1.19. The summed E-state index contributed by atoms with van der Waals surface area (Å²) in [6.45, 7) is 2.54. The highest BCUT2D eigenvalue weighted by atomic mass is 32.2. The summed E-state index contributed by atoms with van der Waals surface area (Å²) in [4.78, 5) is 22.5. The van der Waals surface area contributed by atoms with Crippen molar-refractivity contribution in [1.29, 1.82) is 0 Å². The summed E-state index contributed by atoms with van der Waals surface area (Å²) in [7, 11) is -3.12. The molecule has 0 heterocycles. The van der Waals surface area contributed by atoms with Crippen LogP contribution in [0.4, 0.5) is 0 Å². The molecule has 0 aliphatic heterocycles. The minimum Gasteiger partial charge on any atom is -0.356 e. The SMILES string of the molecule is CCNC(=O)CCNC(=O)C(N)CCS(C)(=O)=O. The quantitative estimate of drug-likeness (QED) is 0.494. The van der Waals surface area contributed by atoms with Gasteiger partial charge < -0.3 is 16.4 Å². The average molecular weight is 279 g/mol. The fourth-order valence-corrected chi connectivity index (χ4v) is 1.87. The van der Waals surface area contributed by atoms with Gasteiger partial charge in [0, 0.05) is 25.8 Å². The predicted octanol–water partition coefficient (Wildman–Crippen LogP) is -1.61. The number of rotatable bonds is 8. The molecule has 1 atom stereocenters. The average Bonchev–Trinajstić information content (AvgIpc) is 2.25. The molecule has 0 saturated heterocycles. The Balaban J connectivity index is 3.85. The van der Waals surface area contributed by atoms with E-state index >= 15 is 0 Å². The van der Waals surface area contributed by atoms with E-state index in [2.05, 4.69) is 10.6 Å². The highest BCUT2D eigenvalue weighted by molar-refractivity contribution is 7.90. The number of sulfone groups is 1. The maximum atomic E-state index is 11.4. The Labute approximate surface area is 107 Å². The van der Waals surface area contributed by atoms with Gasteiger partial charge in [0.05, 0.1) is 11.8 Å². The lowest BCUT2D eigenvalue weighted by Crippen LogP contribution is -2.42. The lowest BCUT2D eigenvalue weighted by Gasteiger charge is -2.11. The van der Waals surface area contributed by atoms with Crippen LogP contribution in [-0.4, -0.2) is 51.4 Å². The Morgan fingerprint density at radius 3 is 2.39 bits per heavy atom. The minimum atomic E-state index is -3.12. The number of amides is 2. The smallest absolute Gasteiger partial charge is 0.236 e. The third kappa shape index (κ3) is 8.94. The summed E-state index contributed by atoms with van der Waals surface area (Å²) >= 11 is 0. The monoisotopic (exact) mass is 279 g/mol. The summed E-state index contributed by atoms with van der Waals surface area (Å²) in [6, 6.07) is -0.867. The van der Waals surface area contributed by atoms with E-state index in [1.807, 2.05) is 0 Å². The van der Waals surface area contributed by atoms with Gasteiger partial charge in [-0.2, -0.15) is 0 Å². The lowest BCUT2D eigenvalue weighted by atomic mass is 10.2. The van der Waals surface area contributed by atoms with Gasteiger partial charge >= 0.3 is 0 Å². The number of hydrogen-bond acceptors (Lipinski definition) is 5. The van der Waals surface area contributed by atoms with E-state index in [0.717, 1.165) is 6.26 Å². The van der Waals surface area contributed by atoms with Crippen molar-refractivity contribution in [2.24, 2.45) is 5.73 Å². The maximum absolute atomic E-state index is 11.4. The zero-order chi connectivity index (χ0) is 14.2. The largest absolute Gasteiger partial charge is 0.356 e. The van der Waals surface area contributed by atoms with Crippen LogP contribution in [0.2, 0.25) is 0 Å². The van der Waals surface area contributed by atoms with E-state index in [9.17, 15) is 18.0 Å². The van der Waals surface area contributed by atoms with E-state index in [-0.39, 0.29) is 31.0 Å². The highest BCUT2D eigenvalue weighted by Gasteiger charge is 2.15.